The molecule has 0 N–H and O–H groups in total. The quantitative estimate of drug-likeness (QED) is 0.599. The predicted octanol–water partition coefficient (Wildman–Crippen LogP) is 3.23. The van der Waals surface area contributed by atoms with E-state index in [0.717, 1.165) is 23.8 Å². The first-order chi connectivity index (χ1) is 5.77. The van der Waals surface area contributed by atoms with Crippen LogP contribution in [-0.2, 0) is 0 Å². The zero-order chi connectivity index (χ0) is 8.55. The minimum Gasteiger partial charge on any atom is -0.493 e. The van der Waals surface area contributed by atoms with Crippen LogP contribution in [0.1, 0.15) is 24.8 Å². The summed E-state index contributed by atoms with van der Waals surface area (Å²) in [6.07, 6.45) is 1.11. The first-order valence-electron chi connectivity index (χ1n) is 4.19. The van der Waals surface area contributed by atoms with Crippen LogP contribution < -0.4 is 4.74 Å². The molecule has 0 spiro atoms. The Labute approximate surface area is 77.3 Å². The molecule has 1 aliphatic heterocycles. The summed E-state index contributed by atoms with van der Waals surface area (Å²) in [6.45, 7) is 3.03. The van der Waals surface area contributed by atoms with E-state index < -0.39 is 0 Å². The van der Waals surface area contributed by atoms with Crippen molar-refractivity contribution in [3.63, 3.8) is 0 Å². The van der Waals surface area contributed by atoms with E-state index in [4.69, 9.17) is 16.3 Å². The van der Waals surface area contributed by atoms with Gasteiger partial charge in [-0.05, 0) is 30.0 Å². The Bertz CT molecular complexity index is 296. The SMILES string of the molecule is CC1CCOc2cc(Cl)ccc21. The average Bonchev–Trinajstić information content (AvgIpc) is 2.04. The molecule has 0 saturated carbocycles. The fraction of sp³-hybridized carbons (Fsp3) is 0.400. The van der Waals surface area contributed by atoms with E-state index in [2.05, 4.69) is 13.0 Å². The van der Waals surface area contributed by atoms with Gasteiger partial charge in [-0.15, -0.1) is 0 Å². The Balaban J connectivity index is 2.46. The zero-order valence-electron chi connectivity index (χ0n) is 7.01. The van der Waals surface area contributed by atoms with Crippen molar-refractivity contribution in [2.24, 2.45) is 0 Å². The number of fused-ring (bicyclic) bond motifs is 1. The lowest BCUT2D eigenvalue weighted by atomic mass is 9.95. The van der Waals surface area contributed by atoms with Gasteiger partial charge >= 0.3 is 0 Å². The van der Waals surface area contributed by atoms with Gasteiger partial charge in [0.05, 0.1) is 6.61 Å². The van der Waals surface area contributed by atoms with E-state index in [9.17, 15) is 0 Å². The summed E-state index contributed by atoms with van der Waals surface area (Å²) in [5, 5.41) is 0.753. The number of rotatable bonds is 0. The van der Waals surface area contributed by atoms with Crippen molar-refractivity contribution in [3.8, 4) is 5.75 Å². The maximum atomic E-state index is 5.84. The topological polar surface area (TPSA) is 9.23 Å². The second-order valence-electron chi connectivity index (χ2n) is 3.22. The molecule has 0 bridgehead atoms. The van der Waals surface area contributed by atoms with Crippen molar-refractivity contribution in [1.82, 2.24) is 0 Å². The van der Waals surface area contributed by atoms with E-state index in [-0.39, 0.29) is 0 Å². The first-order valence-corrected chi connectivity index (χ1v) is 4.57. The Hall–Kier alpha value is -0.690. The van der Waals surface area contributed by atoms with E-state index >= 15 is 0 Å². The standard InChI is InChI=1S/C10H11ClO/c1-7-4-5-12-10-6-8(11)2-3-9(7)10/h2-3,6-7H,4-5H2,1H3. The van der Waals surface area contributed by atoms with Crippen molar-refractivity contribution < 1.29 is 4.74 Å². The van der Waals surface area contributed by atoms with Crippen LogP contribution in [0.3, 0.4) is 0 Å². The van der Waals surface area contributed by atoms with Crippen molar-refractivity contribution in [3.05, 3.63) is 28.8 Å². The minimum absolute atomic E-state index is 0.603. The Morgan fingerprint density at radius 1 is 1.50 bits per heavy atom. The maximum Gasteiger partial charge on any atom is 0.124 e. The van der Waals surface area contributed by atoms with Gasteiger partial charge < -0.3 is 4.74 Å². The summed E-state index contributed by atoms with van der Waals surface area (Å²) >= 11 is 5.84. The van der Waals surface area contributed by atoms with E-state index in [0.29, 0.717) is 5.92 Å². The molecule has 0 radical (unpaired) electrons. The highest BCUT2D eigenvalue weighted by atomic mass is 35.5. The van der Waals surface area contributed by atoms with Gasteiger partial charge in [-0.3, -0.25) is 0 Å². The molecule has 0 aromatic heterocycles. The average molecular weight is 183 g/mol. The number of hydrogen-bond donors (Lipinski definition) is 0. The highest BCUT2D eigenvalue weighted by molar-refractivity contribution is 6.30. The van der Waals surface area contributed by atoms with Gasteiger partial charge in [0.25, 0.3) is 0 Å². The van der Waals surface area contributed by atoms with E-state index in [1.165, 1.54) is 5.56 Å². The fourth-order valence-electron chi connectivity index (χ4n) is 1.54. The summed E-state index contributed by atoms with van der Waals surface area (Å²) in [5.74, 6) is 1.56. The Kier molecular flexibility index (Phi) is 1.97. The summed E-state index contributed by atoms with van der Waals surface area (Å²) < 4.78 is 5.49. The van der Waals surface area contributed by atoms with Crippen LogP contribution in [0, 0.1) is 0 Å². The van der Waals surface area contributed by atoms with Crippen LogP contribution in [-0.4, -0.2) is 6.61 Å². The van der Waals surface area contributed by atoms with Gasteiger partial charge in [0.2, 0.25) is 0 Å². The molecule has 64 valence electrons. The molecule has 1 aliphatic rings. The molecule has 1 atom stereocenters. The molecule has 1 aromatic carbocycles. The molecule has 0 fully saturated rings. The van der Waals surface area contributed by atoms with Crippen molar-refractivity contribution in [2.45, 2.75) is 19.3 Å². The van der Waals surface area contributed by atoms with E-state index in [1.807, 2.05) is 12.1 Å². The third-order valence-corrected chi connectivity index (χ3v) is 2.55. The molecule has 0 amide bonds. The minimum atomic E-state index is 0.603. The van der Waals surface area contributed by atoms with Gasteiger partial charge in [0.15, 0.2) is 0 Å². The zero-order valence-corrected chi connectivity index (χ0v) is 7.77. The van der Waals surface area contributed by atoms with Gasteiger partial charge in [0.1, 0.15) is 5.75 Å². The van der Waals surface area contributed by atoms with Crippen LogP contribution in [0.2, 0.25) is 5.02 Å². The molecule has 1 aromatic rings. The van der Waals surface area contributed by atoms with Gasteiger partial charge in [-0.2, -0.15) is 0 Å². The summed E-state index contributed by atoms with van der Waals surface area (Å²) in [4.78, 5) is 0. The van der Waals surface area contributed by atoms with Crippen LogP contribution >= 0.6 is 11.6 Å². The highest BCUT2D eigenvalue weighted by Gasteiger charge is 2.16. The van der Waals surface area contributed by atoms with Crippen molar-refractivity contribution >= 4 is 11.6 Å². The largest absolute Gasteiger partial charge is 0.493 e. The third kappa shape index (κ3) is 1.29. The lowest BCUT2D eigenvalue weighted by molar-refractivity contribution is 0.272. The molecule has 1 nitrogen and oxygen atoms in total. The molecular formula is C10H11ClO. The van der Waals surface area contributed by atoms with E-state index in [1.54, 1.807) is 0 Å². The molecule has 0 aliphatic carbocycles. The van der Waals surface area contributed by atoms with Crippen LogP contribution in [0.4, 0.5) is 0 Å². The highest BCUT2D eigenvalue weighted by Crippen LogP contribution is 2.34. The fourth-order valence-corrected chi connectivity index (χ4v) is 1.70. The third-order valence-electron chi connectivity index (χ3n) is 2.31. The number of ether oxygens (including phenoxy) is 1. The lowest BCUT2D eigenvalue weighted by Crippen LogP contribution is -2.11. The molecule has 12 heavy (non-hydrogen) atoms. The molecular weight excluding hydrogens is 172 g/mol. The predicted molar refractivity (Wildman–Crippen MR) is 50.0 cm³/mol. The number of hydrogen-bond acceptors (Lipinski definition) is 1. The van der Waals surface area contributed by atoms with Crippen LogP contribution in [0.25, 0.3) is 0 Å². The monoisotopic (exact) mass is 182 g/mol. The summed E-state index contributed by atoms with van der Waals surface area (Å²) in [7, 11) is 0. The van der Waals surface area contributed by atoms with Crippen molar-refractivity contribution in [1.29, 1.82) is 0 Å². The van der Waals surface area contributed by atoms with Crippen LogP contribution in [0.15, 0.2) is 18.2 Å². The normalized spacial score (nSPS) is 21.3. The molecule has 2 rings (SSSR count). The summed E-state index contributed by atoms with van der Waals surface area (Å²) in [6, 6.07) is 5.87. The molecule has 2 heteroatoms. The molecule has 0 saturated heterocycles. The number of halogens is 1. The Morgan fingerprint density at radius 2 is 2.33 bits per heavy atom. The maximum absolute atomic E-state index is 5.84. The smallest absolute Gasteiger partial charge is 0.124 e. The van der Waals surface area contributed by atoms with Gasteiger partial charge in [-0.1, -0.05) is 24.6 Å². The second kappa shape index (κ2) is 2.98. The van der Waals surface area contributed by atoms with Crippen molar-refractivity contribution in [2.75, 3.05) is 6.61 Å². The Morgan fingerprint density at radius 3 is 3.17 bits per heavy atom. The lowest BCUT2D eigenvalue weighted by Gasteiger charge is -2.22. The number of benzene rings is 1. The molecule has 1 unspecified atom stereocenters. The van der Waals surface area contributed by atoms with Crippen LogP contribution in [0.5, 0.6) is 5.75 Å². The second-order valence-corrected chi connectivity index (χ2v) is 3.66. The summed E-state index contributed by atoms with van der Waals surface area (Å²) in [5.41, 5.74) is 1.28. The van der Waals surface area contributed by atoms with Gasteiger partial charge in [-0.25, -0.2) is 0 Å². The first kappa shape index (κ1) is 7.93. The molecule has 1 heterocycles. The van der Waals surface area contributed by atoms with Gasteiger partial charge in [0, 0.05) is 5.02 Å².